The summed E-state index contributed by atoms with van der Waals surface area (Å²) in [5.74, 6) is -0.495. The van der Waals surface area contributed by atoms with Gasteiger partial charge in [-0.15, -0.1) is 11.3 Å². The van der Waals surface area contributed by atoms with E-state index in [-0.39, 0.29) is 40.8 Å². The number of carbonyl (C=O) groups is 1. The Morgan fingerprint density at radius 2 is 2.03 bits per heavy atom. The molecule has 1 amide bonds. The van der Waals surface area contributed by atoms with Crippen molar-refractivity contribution in [1.82, 2.24) is 13.9 Å². The van der Waals surface area contributed by atoms with E-state index in [4.69, 9.17) is 16.3 Å². The summed E-state index contributed by atoms with van der Waals surface area (Å²) >= 11 is 7.47. The van der Waals surface area contributed by atoms with Crippen LogP contribution in [0, 0.1) is 0 Å². The maximum Gasteiger partial charge on any atom is 0.262 e. The van der Waals surface area contributed by atoms with E-state index in [0.717, 1.165) is 0 Å². The van der Waals surface area contributed by atoms with E-state index in [9.17, 15) is 18.0 Å². The zero-order chi connectivity index (χ0) is 21.3. The second kappa shape index (κ2) is 8.44. The Morgan fingerprint density at radius 3 is 2.80 bits per heavy atom. The number of halogens is 1. The van der Waals surface area contributed by atoms with Crippen molar-refractivity contribution in [3.8, 4) is 0 Å². The lowest BCUT2D eigenvalue weighted by Gasteiger charge is -2.26. The first-order chi connectivity index (χ1) is 14.4. The van der Waals surface area contributed by atoms with Crippen molar-refractivity contribution in [3.63, 3.8) is 0 Å². The molecule has 0 aliphatic carbocycles. The highest BCUT2D eigenvalue weighted by Gasteiger charge is 2.28. The lowest BCUT2D eigenvalue weighted by molar-refractivity contribution is -0.116. The summed E-state index contributed by atoms with van der Waals surface area (Å²) in [6, 6.07) is 5.89. The van der Waals surface area contributed by atoms with E-state index in [2.05, 4.69) is 10.3 Å². The number of amides is 1. The number of fused-ring (bicyclic) bond motifs is 1. The third-order valence-corrected chi connectivity index (χ3v) is 7.77. The third-order valence-electron chi connectivity index (χ3n) is 4.57. The normalized spacial score (nSPS) is 15.4. The van der Waals surface area contributed by atoms with Crippen LogP contribution < -0.4 is 10.9 Å². The molecule has 0 bridgehead atoms. The smallest absolute Gasteiger partial charge is 0.262 e. The number of rotatable bonds is 5. The van der Waals surface area contributed by atoms with Crippen LogP contribution in [0.4, 0.5) is 5.69 Å². The van der Waals surface area contributed by atoms with Gasteiger partial charge in [0.05, 0.1) is 29.9 Å². The maximum absolute atomic E-state index is 12.9. The second-order valence-electron chi connectivity index (χ2n) is 6.53. The van der Waals surface area contributed by atoms with Gasteiger partial charge < -0.3 is 10.1 Å². The number of hydrogen-bond acceptors (Lipinski definition) is 7. The van der Waals surface area contributed by atoms with Gasteiger partial charge in [-0.2, -0.15) is 4.31 Å². The van der Waals surface area contributed by atoms with Crippen molar-refractivity contribution in [2.75, 3.05) is 31.6 Å². The number of sulfonamides is 1. The van der Waals surface area contributed by atoms with E-state index < -0.39 is 15.9 Å². The Balaban J connectivity index is 1.54. The Bertz CT molecular complexity index is 1270. The second-order valence-corrected chi connectivity index (χ2v) is 9.74. The first-order valence-electron chi connectivity index (χ1n) is 8.96. The molecule has 3 aromatic rings. The van der Waals surface area contributed by atoms with Crippen LogP contribution in [0.15, 0.2) is 45.7 Å². The van der Waals surface area contributed by atoms with Gasteiger partial charge in [0.15, 0.2) is 0 Å². The molecule has 9 nitrogen and oxygen atoms in total. The van der Waals surface area contributed by atoms with Gasteiger partial charge in [0.2, 0.25) is 15.9 Å². The molecule has 1 aromatic carbocycles. The van der Waals surface area contributed by atoms with Gasteiger partial charge in [-0.25, -0.2) is 13.4 Å². The first kappa shape index (κ1) is 20.9. The van der Waals surface area contributed by atoms with Crippen molar-refractivity contribution in [2.45, 2.75) is 11.4 Å². The molecule has 12 heteroatoms. The van der Waals surface area contributed by atoms with Gasteiger partial charge in [0.1, 0.15) is 16.3 Å². The molecular weight excluding hydrogens is 452 g/mol. The fourth-order valence-corrected chi connectivity index (χ4v) is 5.70. The minimum Gasteiger partial charge on any atom is -0.379 e. The molecule has 1 aliphatic heterocycles. The van der Waals surface area contributed by atoms with Gasteiger partial charge in [-0.1, -0.05) is 11.6 Å². The fourth-order valence-electron chi connectivity index (χ4n) is 3.07. The highest BCUT2D eigenvalue weighted by atomic mass is 35.5. The van der Waals surface area contributed by atoms with Gasteiger partial charge in [0, 0.05) is 18.8 Å². The molecule has 0 unspecified atom stereocenters. The van der Waals surface area contributed by atoms with Crippen molar-refractivity contribution in [3.05, 3.63) is 51.3 Å². The van der Waals surface area contributed by atoms with Crippen molar-refractivity contribution in [2.24, 2.45) is 0 Å². The van der Waals surface area contributed by atoms with E-state index in [1.165, 1.54) is 44.7 Å². The van der Waals surface area contributed by atoms with E-state index in [0.29, 0.717) is 23.4 Å². The van der Waals surface area contributed by atoms with Crippen LogP contribution in [-0.4, -0.2) is 54.5 Å². The van der Waals surface area contributed by atoms with Crippen LogP contribution in [0.1, 0.15) is 0 Å². The summed E-state index contributed by atoms with van der Waals surface area (Å²) in [5.41, 5.74) is -0.0584. The van der Waals surface area contributed by atoms with Gasteiger partial charge in [-0.3, -0.25) is 14.2 Å². The third kappa shape index (κ3) is 4.12. The predicted molar refractivity (Wildman–Crippen MR) is 114 cm³/mol. The molecule has 158 valence electrons. The van der Waals surface area contributed by atoms with E-state index >= 15 is 0 Å². The zero-order valence-corrected chi connectivity index (χ0v) is 18.0. The number of ether oxygens (including phenoxy) is 1. The van der Waals surface area contributed by atoms with Gasteiger partial charge in [0.25, 0.3) is 5.56 Å². The molecule has 2 aromatic heterocycles. The highest BCUT2D eigenvalue weighted by molar-refractivity contribution is 7.89. The largest absolute Gasteiger partial charge is 0.379 e. The molecular formula is C18H17ClN4O5S2. The Morgan fingerprint density at radius 1 is 1.27 bits per heavy atom. The van der Waals surface area contributed by atoms with Crippen molar-refractivity contribution in [1.29, 1.82) is 0 Å². The van der Waals surface area contributed by atoms with Crippen LogP contribution in [-0.2, 0) is 26.1 Å². The van der Waals surface area contributed by atoms with Gasteiger partial charge >= 0.3 is 0 Å². The monoisotopic (exact) mass is 468 g/mol. The van der Waals surface area contributed by atoms with Crippen LogP contribution in [0.2, 0.25) is 5.02 Å². The lowest BCUT2D eigenvalue weighted by atomic mass is 10.3. The van der Waals surface area contributed by atoms with Crippen LogP contribution in [0.25, 0.3) is 10.2 Å². The number of nitrogens with zero attached hydrogens (tertiary/aromatic N) is 3. The number of hydrogen-bond donors (Lipinski definition) is 1. The number of morpholine rings is 1. The van der Waals surface area contributed by atoms with Crippen LogP contribution in [0.5, 0.6) is 0 Å². The maximum atomic E-state index is 12.9. The summed E-state index contributed by atoms with van der Waals surface area (Å²) in [5, 5.41) is 4.87. The van der Waals surface area contributed by atoms with Crippen molar-refractivity contribution >= 4 is 54.8 Å². The van der Waals surface area contributed by atoms with Crippen molar-refractivity contribution < 1.29 is 17.9 Å². The lowest BCUT2D eigenvalue weighted by Crippen LogP contribution is -2.40. The fraction of sp³-hybridized carbons (Fsp3) is 0.278. The Hall–Kier alpha value is -2.31. The molecule has 0 radical (unpaired) electrons. The number of thiophene rings is 1. The number of aromatic nitrogens is 2. The molecule has 1 aliphatic rings. The summed E-state index contributed by atoms with van der Waals surface area (Å²) in [7, 11) is -3.83. The molecule has 0 saturated carbocycles. The standard InChI is InChI=1S/C18H17ClN4O5S2/c19-14-2-1-12(9-15(14)30(26,27)23-4-6-28-7-5-23)21-16(24)10-22-11-20-17-13(18(22)25)3-8-29-17/h1-3,8-9,11H,4-7,10H2,(H,21,24). The highest BCUT2D eigenvalue weighted by Crippen LogP contribution is 2.28. The summed E-state index contributed by atoms with van der Waals surface area (Å²) in [6.07, 6.45) is 1.32. The molecule has 4 rings (SSSR count). The molecule has 1 fully saturated rings. The average molecular weight is 469 g/mol. The molecule has 0 spiro atoms. The van der Waals surface area contributed by atoms with E-state index in [1.807, 2.05) is 0 Å². The molecule has 3 heterocycles. The Kier molecular flexibility index (Phi) is 5.89. The molecule has 0 atom stereocenters. The summed E-state index contributed by atoms with van der Waals surface area (Å²) in [6.45, 7) is 0.827. The average Bonchev–Trinajstić information content (AvgIpc) is 3.22. The number of nitrogens with one attached hydrogen (secondary N) is 1. The quantitative estimate of drug-likeness (QED) is 0.611. The minimum atomic E-state index is -3.83. The molecule has 30 heavy (non-hydrogen) atoms. The predicted octanol–water partition coefficient (Wildman–Crippen LogP) is 1.77. The minimum absolute atomic E-state index is 0.0582. The van der Waals surface area contributed by atoms with Crippen LogP contribution >= 0.6 is 22.9 Å². The SMILES string of the molecule is O=C(Cn1cnc2sccc2c1=O)Nc1ccc(Cl)c(S(=O)(=O)N2CCOCC2)c1. The molecule has 1 saturated heterocycles. The molecule has 1 N–H and O–H groups in total. The Labute approximate surface area is 180 Å². The summed E-state index contributed by atoms with van der Waals surface area (Å²) < 4.78 is 33.5. The number of anilines is 1. The summed E-state index contributed by atoms with van der Waals surface area (Å²) in [4.78, 5) is 29.5. The van der Waals surface area contributed by atoms with Crippen LogP contribution in [0.3, 0.4) is 0 Å². The topological polar surface area (TPSA) is 111 Å². The van der Waals surface area contributed by atoms with E-state index in [1.54, 1.807) is 11.4 Å². The number of benzene rings is 1. The first-order valence-corrected chi connectivity index (χ1v) is 11.7. The zero-order valence-electron chi connectivity index (χ0n) is 15.6. The van der Waals surface area contributed by atoms with Gasteiger partial charge in [-0.05, 0) is 29.6 Å². The number of carbonyl (C=O) groups excluding carboxylic acids is 1.